The predicted molar refractivity (Wildman–Crippen MR) is 70.6 cm³/mol. The van der Waals surface area contributed by atoms with Gasteiger partial charge in [0.2, 0.25) is 0 Å². The van der Waals surface area contributed by atoms with Crippen molar-refractivity contribution in [1.29, 1.82) is 0 Å². The molecule has 0 aromatic heterocycles. The summed E-state index contributed by atoms with van der Waals surface area (Å²) in [5, 5.41) is 12.3. The molecule has 0 aliphatic heterocycles. The van der Waals surface area contributed by atoms with E-state index in [1.807, 2.05) is 19.1 Å². The third-order valence-corrected chi connectivity index (χ3v) is 3.16. The van der Waals surface area contributed by atoms with Crippen molar-refractivity contribution in [2.24, 2.45) is 11.8 Å². The quantitative estimate of drug-likeness (QED) is 0.822. The Bertz CT molecular complexity index is 399. The number of aryl methyl sites for hydroxylation is 1. The molecule has 1 aromatic carbocycles. The van der Waals surface area contributed by atoms with Crippen LogP contribution in [0.3, 0.4) is 0 Å². The zero-order valence-corrected chi connectivity index (χ0v) is 10.9. The maximum absolute atomic E-state index is 11.1. The van der Waals surface area contributed by atoms with Gasteiger partial charge < -0.3 is 10.4 Å². The Hall–Kier alpha value is -1.51. The van der Waals surface area contributed by atoms with E-state index in [9.17, 15) is 4.79 Å². The monoisotopic (exact) mass is 235 g/mol. The van der Waals surface area contributed by atoms with E-state index in [1.54, 1.807) is 6.07 Å². The van der Waals surface area contributed by atoms with Gasteiger partial charge in [0.25, 0.3) is 0 Å². The lowest BCUT2D eigenvalue weighted by Crippen LogP contribution is -2.17. The summed E-state index contributed by atoms with van der Waals surface area (Å²) in [6.07, 6.45) is 0. The molecule has 2 N–H and O–H groups in total. The maximum atomic E-state index is 11.1. The maximum Gasteiger partial charge on any atom is 0.337 e. The van der Waals surface area contributed by atoms with Crippen LogP contribution in [0.2, 0.25) is 0 Å². The molecule has 1 atom stereocenters. The van der Waals surface area contributed by atoms with E-state index in [4.69, 9.17) is 5.11 Å². The first-order valence-corrected chi connectivity index (χ1v) is 5.99. The Balaban J connectivity index is 2.80. The second-order valence-corrected chi connectivity index (χ2v) is 4.96. The van der Waals surface area contributed by atoms with Crippen LogP contribution in [0.4, 0.5) is 5.69 Å². The number of rotatable bonds is 5. The Kier molecular flexibility index (Phi) is 4.55. The molecule has 0 amide bonds. The number of carbonyl (C=O) groups is 1. The van der Waals surface area contributed by atoms with E-state index < -0.39 is 5.97 Å². The molecule has 1 unspecified atom stereocenters. The van der Waals surface area contributed by atoms with Crippen LogP contribution in [0.5, 0.6) is 0 Å². The Morgan fingerprint density at radius 2 is 2.00 bits per heavy atom. The number of nitrogens with one attached hydrogen (secondary N) is 1. The summed E-state index contributed by atoms with van der Waals surface area (Å²) in [4.78, 5) is 11.1. The zero-order chi connectivity index (χ0) is 13.0. The molecule has 0 radical (unpaired) electrons. The molecule has 3 nitrogen and oxygen atoms in total. The predicted octanol–water partition coefficient (Wildman–Crippen LogP) is 3.40. The highest BCUT2D eigenvalue weighted by atomic mass is 16.4. The van der Waals surface area contributed by atoms with Gasteiger partial charge >= 0.3 is 5.97 Å². The van der Waals surface area contributed by atoms with Crippen LogP contribution < -0.4 is 5.32 Å². The summed E-state index contributed by atoms with van der Waals surface area (Å²) in [7, 11) is 0. The molecule has 0 bridgehead atoms. The fourth-order valence-electron chi connectivity index (χ4n) is 1.50. The van der Waals surface area contributed by atoms with E-state index in [1.165, 1.54) is 0 Å². The third kappa shape index (κ3) is 3.77. The van der Waals surface area contributed by atoms with Gasteiger partial charge in [0.1, 0.15) is 0 Å². The van der Waals surface area contributed by atoms with Crippen LogP contribution in [0.25, 0.3) is 0 Å². The van der Waals surface area contributed by atoms with E-state index in [-0.39, 0.29) is 0 Å². The van der Waals surface area contributed by atoms with Gasteiger partial charge in [-0.2, -0.15) is 0 Å². The van der Waals surface area contributed by atoms with E-state index in [2.05, 4.69) is 26.1 Å². The molecule has 1 rings (SSSR count). The van der Waals surface area contributed by atoms with Crippen LogP contribution in [0, 0.1) is 18.8 Å². The van der Waals surface area contributed by atoms with Crippen molar-refractivity contribution in [3.8, 4) is 0 Å². The van der Waals surface area contributed by atoms with Crippen molar-refractivity contribution < 1.29 is 9.90 Å². The van der Waals surface area contributed by atoms with Gasteiger partial charge in [-0.15, -0.1) is 0 Å². The third-order valence-electron chi connectivity index (χ3n) is 3.16. The molecular formula is C14H21NO2. The van der Waals surface area contributed by atoms with Crippen LogP contribution in [0.15, 0.2) is 18.2 Å². The number of benzene rings is 1. The van der Waals surface area contributed by atoms with Crippen LogP contribution in [-0.2, 0) is 0 Å². The molecule has 0 aliphatic carbocycles. The summed E-state index contributed by atoms with van der Waals surface area (Å²) in [6, 6.07) is 5.46. The summed E-state index contributed by atoms with van der Waals surface area (Å²) in [6.45, 7) is 9.18. The first kappa shape index (κ1) is 13.6. The summed E-state index contributed by atoms with van der Waals surface area (Å²) >= 11 is 0. The van der Waals surface area contributed by atoms with E-state index >= 15 is 0 Å². The number of anilines is 1. The van der Waals surface area contributed by atoms with Gasteiger partial charge in [0.05, 0.1) is 5.56 Å². The summed E-state index contributed by atoms with van der Waals surface area (Å²) in [5.74, 6) is 0.215. The standard InChI is InChI=1S/C14H21NO2/c1-9(2)11(4)8-15-13-6-5-10(3)7-12(13)14(16)17/h5-7,9,11,15H,8H2,1-4H3,(H,16,17). The summed E-state index contributed by atoms with van der Waals surface area (Å²) in [5.41, 5.74) is 2.02. The van der Waals surface area contributed by atoms with E-state index in [0.29, 0.717) is 23.1 Å². The Labute approximate surface area is 103 Å². The summed E-state index contributed by atoms with van der Waals surface area (Å²) < 4.78 is 0. The fourth-order valence-corrected chi connectivity index (χ4v) is 1.50. The second kappa shape index (κ2) is 5.71. The topological polar surface area (TPSA) is 49.3 Å². The van der Waals surface area contributed by atoms with Crippen LogP contribution in [-0.4, -0.2) is 17.6 Å². The van der Waals surface area contributed by atoms with Crippen molar-refractivity contribution in [2.45, 2.75) is 27.7 Å². The number of hydrogen-bond donors (Lipinski definition) is 2. The Morgan fingerprint density at radius 3 is 2.53 bits per heavy atom. The Morgan fingerprint density at radius 1 is 1.35 bits per heavy atom. The number of hydrogen-bond acceptors (Lipinski definition) is 2. The SMILES string of the molecule is Cc1ccc(NCC(C)C(C)C)c(C(=O)O)c1. The highest BCUT2D eigenvalue weighted by Gasteiger charge is 2.12. The molecule has 0 aliphatic rings. The van der Waals surface area contributed by atoms with Crippen molar-refractivity contribution >= 4 is 11.7 Å². The zero-order valence-electron chi connectivity index (χ0n) is 10.9. The largest absolute Gasteiger partial charge is 0.478 e. The van der Waals surface area contributed by atoms with Crippen molar-refractivity contribution in [1.82, 2.24) is 0 Å². The lowest BCUT2D eigenvalue weighted by Gasteiger charge is -2.18. The van der Waals surface area contributed by atoms with Crippen molar-refractivity contribution in [3.05, 3.63) is 29.3 Å². The molecule has 0 saturated carbocycles. The van der Waals surface area contributed by atoms with Crippen molar-refractivity contribution in [2.75, 3.05) is 11.9 Å². The molecule has 0 fully saturated rings. The number of aromatic carboxylic acids is 1. The van der Waals surface area contributed by atoms with Gasteiger partial charge in [0.15, 0.2) is 0 Å². The fraction of sp³-hybridized carbons (Fsp3) is 0.500. The molecule has 0 heterocycles. The molecule has 0 spiro atoms. The molecule has 17 heavy (non-hydrogen) atoms. The smallest absolute Gasteiger partial charge is 0.337 e. The lowest BCUT2D eigenvalue weighted by atomic mass is 9.98. The average Bonchev–Trinajstić information content (AvgIpc) is 2.26. The average molecular weight is 235 g/mol. The van der Waals surface area contributed by atoms with Gasteiger partial charge in [-0.05, 0) is 30.9 Å². The molecule has 94 valence electrons. The lowest BCUT2D eigenvalue weighted by molar-refractivity contribution is 0.0698. The number of carboxylic acids is 1. The molecule has 3 heteroatoms. The van der Waals surface area contributed by atoms with Gasteiger partial charge in [0, 0.05) is 12.2 Å². The normalized spacial score (nSPS) is 12.5. The second-order valence-electron chi connectivity index (χ2n) is 4.96. The molecule has 1 aromatic rings. The van der Waals surface area contributed by atoms with Crippen molar-refractivity contribution in [3.63, 3.8) is 0 Å². The highest BCUT2D eigenvalue weighted by molar-refractivity contribution is 5.94. The minimum atomic E-state index is -0.881. The minimum absolute atomic E-state index is 0.348. The first-order valence-electron chi connectivity index (χ1n) is 5.99. The molecular weight excluding hydrogens is 214 g/mol. The number of carboxylic acid groups (broad SMARTS) is 1. The van der Waals surface area contributed by atoms with Crippen LogP contribution in [0.1, 0.15) is 36.7 Å². The van der Waals surface area contributed by atoms with E-state index in [0.717, 1.165) is 12.1 Å². The van der Waals surface area contributed by atoms with Gasteiger partial charge in [-0.1, -0.05) is 32.4 Å². The molecule has 0 saturated heterocycles. The first-order chi connectivity index (χ1) is 7.91. The highest BCUT2D eigenvalue weighted by Crippen LogP contribution is 2.19. The van der Waals surface area contributed by atoms with Crippen LogP contribution >= 0.6 is 0 Å². The van der Waals surface area contributed by atoms with Gasteiger partial charge in [-0.3, -0.25) is 0 Å². The minimum Gasteiger partial charge on any atom is -0.478 e. The van der Waals surface area contributed by atoms with Gasteiger partial charge in [-0.25, -0.2) is 4.79 Å².